The predicted molar refractivity (Wildman–Crippen MR) is 89.6 cm³/mol. The highest BCUT2D eigenvalue weighted by Gasteiger charge is 2.29. The number of carboxylic acids is 1. The van der Waals surface area contributed by atoms with Crippen molar-refractivity contribution < 1.29 is 27.9 Å². The van der Waals surface area contributed by atoms with Crippen molar-refractivity contribution in [2.45, 2.75) is 25.6 Å². The minimum Gasteiger partial charge on any atom is -0.478 e. The molecule has 0 spiro atoms. The predicted octanol–water partition coefficient (Wildman–Crippen LogP) is 3.91. The van der Waals surface area contributed by atoms with Crippen LogP contribution in [0.15, 0.2) is 54.6 Å². The molecule has 0 atom stereocenters. The first kappa shape index (κ1) is 19.5. The van der Waals surface area contributed by atoms with Crippen LogP contribution in [0.3, 0.4) is 0 Å². The van der Waals surface area contributed by atoms with E-state index >= 15 is 0 Å². The van der Waals surface area contributed by atoms with Crippen LogP contribution in [-0.4, -0.2) is 34.6 Å². The number of hydrogen-bond acceptors (Lipinski definition) is 2. The lowest BCUT2D eigenvalue weighted by molar-refractivity contribution is -0.145. The molecule has 0 radical (unpaired) electrons. The molecule has 1 amide bonds. The fourth-order valence-corrected chi connectivity index (χ4v) is 2.46. The molecule has 0 saturated carbocycles. The van der Waals surface area contributed by atoms with Gasteiger partial charge in [0.05, 0.1) is 18.4 Å². The summed E-state index contributed by atoms with van der Waals surface area (Å²) in [7, 11) is 0. The zero-order valence-electron chi connectivity index (χ0n) is 13.9. The highest BCUT2D eigenvalue weighted by molar-refractivity contribution is 5.88. The van der Waals surface area contributed by atoms with Crippen molar-refractivity contribution in [2.75, 3.05) is 6.54 Å². The van der Waals surface area contributed by atoms with E-state index in [4.69, 9.17) is 5.11 Å². The van der Waals surface area contributed by atoms with Crippen molar-refractivity contribution in [2.24, 2.45) is 0 Å². The molecule has 2 aromatic carbocycles. The van der Waals surface area contributed by atoms with Gasteiger partial charge >= 0.3 is 12.1 Å². The Balaban J connectivity index is 2.13. The first-order valence-corrected chi connectivity index (χ1v) is 7.95. The number of carbonyl (C=O) groups is 2. The van der Waals surface area contributed by atoms with Gasteiger partial charge in [-0.3, -0.25) is 4.79 Å². The largest absolute Gasteiger partial charge is 0.478 e. The normalized spacial score (nSPS) is 11.2. The number of amides is 1. The molecule has 0 unspecified atom stereocenters. The summed E-state index contributed by atoms with van der Waals surface area (Å²) in [4.78, 5) is 24.7. The van der Waals surface area contributed by atoms with Gasteiger partial charge in [0.2, 0.25) is 5.91 Å². The molecule has 0 aromatic heterocycles. The van der Waals surface area contributed by atoms with Crippen molar-refractivity contribution in [1.29, 1.82) is 0 Å². The molecule has 0 aliphatic heterocycles. The molecule has 2 rings (SSSR count). The smallest absolute Gasteiger partial charge is 0.390 e. The molecule has 0 heterocycles. The third-order valence-corrected chi connectivity index (χ3v) is 3.76. The first-order valence-electron chi connectivity index (χ1n) is 7.95. The van der Waals surface area contributed by atoms with Gasteiger partial charge < -0.3 is 10.0 Å². The Morgan fingerprint density at radius 3 is 2.23 bits per heavy atom. The van der Waals surface area contributed by atoms with Gasteiger partial charge in [-0.25, -0.2) is 4.79 Å². The lowest BCUT2D eigenvalue weighted by Gasteiger charge is -2.24. The molecule has 4 nitrogen and oxygen atoms in total. The Bertz CT molecular complexity index is 760. The van der Waals surface area contributed by atoms with Gasteiger partial charge in [-0.2, -0.15) is 13.2 Å². The van der Waals surface area contributed by atoms with E-state index in [9.17, 15) is 22.8 Å². The molecule has 138 valence electrons. The summed E-state index contributed by atoms with van der Waals surface area (Å²) in [5.41, 5.74) is 1.20. The maximum absolute atomic E-state index is 12.6. The summed E-state index contributed by atoms with van der Waals surface area (Å²) < 4.78 is 37.8. The van der Waals surface area contributed by atoms with Crippen molar-refractivity contribution in [3.05, 3.63) is 71.3 Å². The third-order valence-electron chi connectivity index (χ3n) is 3.76. The van der Waals surface area contributed by atoms with Crippen LogP contribution in [0.5, 0.6) is 0 Å². The van der Waals surface area contributed by atoms with Crippen LogP contribution in [0.4, 0.5) is 13.2 Å². The van der Waals surface area contributed by atoms with Crippen LogP contribution >= 0.6 is 0 Å². The average molecular weight is 365 g/mol. The molecule has 0 aliphatic carbocycles. The summed E-state index contributed by atoms with van der Waals surface area (Å²) in [5.74, 6) is -1.61. The highest BCUT2D eigenvalue weighted by Crippen LogP contribution is 2.21. The lowest BCUT2D eigenvalue weighted by Crippen LogP contribution is -2.34. The maximum atomic E-state index is 12.6. The van der Waals surface area contributed by atoms with Crippen LogP contribution in [-0.2, 0) is 17.8 Å². The Morgan fingerprint density at radius 2 is 1.62 bits per heavy atom. The van der Waals surface area contributed by atoms with Crippen molar-refractivity contribution >= 4 is 11.9 Å². The molecule has 0 bridgehead atoms. The second kappa shape index (κ2) is 8.51. The molecule has 1 N–H and O–H groups in total. The van der Waals surface area contributed by atoms with E-state index in [2.05, 4.69) is 0 Å². The van der Waals surface area contributed by atoms with Gasteiger partial charge in [-0.1, -0.05) is 42.5 Å². The number of nitrogens with zero attached hydrogens (tertiary/aromatic N) is 1. The molecular formula is C19H18F3NO3. The van der Waals surface area contributed by atoms with Gasteiger partial charge in [-0.05, 0) is 23.3 Å². The van der Waals surface area contributed by atoms with E-state index < -0.39 is 31.0 Å². The SMILES string of the molecule is O=C(O)c1cccc(CC(=O)N(CCC(F)(F)F)Cc2ccccc2)c1. The summed E-state index contributed by atoms with van der Waals surface area (Å²) in [6.45, 7) is -0.385. The summed E-state index contributed by atoms with van der Waals surface area (Å²) in [5, 5.41) is 9.00. The standard InChI is InChI=1S/C19H18F3NO3/c20-19(21,22)9-10-23(13-14-5-2-1-3-6-14)17(24)12-15-7-4-8-16(11-15)18(25)26/h1-8,11H,9-10,12-13H2,(H,25,26). The number of carbonyl (C=O) groups excluding carboxylic acids is 1. The highest BCUT2D eigenvalue weighted by atomic mass is 19.4. The van der Waals surface area contributed by atoms with Crippen molar-refractivity contribution in [3.63, 3.8) is 0 Å². The quantitative estimate of drug-likeness (QED) is 0.809. The molecule has 0 aliphatic rings. The zero-order valence-corrected chi connectivity index (χ0v) is 13.9. The number of hydrogen-bond donors (Lipinski definition) is 1. The second-order valence-corrected chi connectivity index (χ2v) is 5.85. The third kappa shape index (κ3) is 6.23. The topological polar surface area (TPSA) is 57.6 Å². The van der Waals surface area contributed by atoms with E-state index in [0.717, 1.165) is 10.5 Å². The summed E-state index contributed by atoms with van der Waals surface area (Å²) in [6, 6.07) is 14.6. The monoisotopic (exact) mass is 365 g/mol. The number of carboxylic acid groups (broad SMARTS) is 1. The lowest BCUT2D eigenvalue weighted by atomic mass is 10.1. The fraction of sp³-hybridized carbons (Fsp3) is 0.263. The van der Waals surface area contributed by atoms with Crippen LogP contribution < -0.4 is 0 Å². The number of benzene rings is 2. The molecular weight excluding hydrogens is 347 g/mol. The van der Waals surface area contributed by atoms with Crippen LogP contribution in [0.25, 0.3) is 0 Å². The molecule has 0 fully saturated rings. The first-order chi connectivity index (χ1) is 12.2. The van der Waals surface area contributed by atoms with Crippen LogP contribution in [0.2, 0.25) is 0 Å². The van der Waals surface area contributed by atoms with Crippen LogP contribution in [0, 0.1) is 0 Å². The molecule has 26 heavy (non-hydrogen) atoms. The Kier molecular flexibility index (Phi) is 6.38. The second-order valence-electron chi connectivity index (χ2n) is 5.85. The number of halogens is 3. The summed E-state index contributed by atoms with van der Waals surface area (Å²) in [6.07, 6.45) is -5.62. The molecule has 7 heteroatoms. The van der Waals surface area contributed by atoms with Gasteiger partial charge in [0, 0.05) is 13.1 Å². The number of aromatic carboxylic acids is 1. The van der Waals surface area contributed by atoms with E-state index in [0.29, 0.717) is 5.56 Å². The van der Waals surface area contributed by atoms with Gasteiger partial charge in [0.1, 0.15) is 0 Å². The average Bonchev–Trinajstić information content (AvgIpc) is 2.58. The molecule has 2 aromatic rings. The fourth-order valence-electron chi connectivity index (χ4n) is 2.46. The summed E-state index contributed by atoms with van der Waals surface area (Å²) >= 11 is 0. The minimum atomic E-state index is -4.36. The van der Waals surface area contributed by atoms with Gasteiger partial charge in [0.15, 0.2) is 0 Å². The van der Waals surface area contributed by atoms with Gasteiger partial charge in [0.25, 0.3) is 0 Å². The van der Waals surface area contributed by atoms with E-state index in [1.807, 2.05) is 0 Å². The van der Waals surface area contributed by atoms with E-state index in [1.54, 1.807) is 36.4 Å². The zero-order chi connectivity index (χ0) is 19.2. The van der Waals surface area contributed by atoms with Crippen LogP contribution in [0.1, 0.15) is 27.9 Å². The number of rotatable bonds is 7. The molecule has 0 saturated heterocycles. The van der Waals surface area contributed by atoms with Crippen molar-refractivity contribution in [3.8, 4) is 0 Å². The van der Waals surface area contributed by atoms with Crippen molar-refractivity contribution in [1.82, 2.24) is 4.90 Å². The van der Waals surface area contributed by atoms with Gasteiger partial charge in [-0.15, -0.1) is 0 Å². The Hall–Kier alpha value is -2.83. The maximum Gasteiger partial charge on any atom is 0.390 e. The minimum absolute atomic E-state index is 0.0280. The Labute approximate surface area is 148 Å². The Morgan fingerprint density at radius 1 is 0.962 bits per heavy atom. The van der Waals surface area contributed by atoms with E-state index in [-0.39, 0.29) is 18.5 Å². The number of alkyl halides is 3. The van der Waals surface area contributed by atoms with E-state index in [1.165, 1.54) is 18.2 Å².